The van der Waals surface area contributed by atoms with Crippen LogP contribution in [0.25, 0.3) is 5.69 Å². The zero-order valence-corrected chi connectivity index (χ0v) is 15.8. The van der Waals surface area contributed by atoms with Crippen LogP contribution in [-0.2, 0) is 5.75 Å². The van der Waals surface area contributed by atoms with Gasteiger partial charge in [0.1, 0.15) is 0 Å². The van der Waals surface area contributed by atoms with Gasteiger partial charge in [-0.15, -0.1) is 5.10 Å². The van der Waals surface area contributed by atoms with Gasteiger partial charge in [0, 0.05) is 29.2 Å². The van der Waals surface area contributed by atoms with Crippen molar-refractivity contribution in [3.63, 3.8) is 0 Å². The van der Waals surface area contributed by atoms with Gasteiger partial charge in [-0.2, -0.15) is 0 Å². The Balaban J connectivity index is 1.94. The normalized spacial score (nSPS) is 10.6. The Labute approximate surface area is 157 Å². The van der Waals surface area contributed by atoms with Crippen LogP contribution in [0.3, 0.4) is 0 Å². The quantitative estimate of drug-likeness (QED) is 0.489. The van der Waals surface area contributed by atoms with E-state index in [1.54, 1.807) is 23.1 Å². The number of hydrogen-bond acceptors (Lipinski definition) is 6. The highest BCUT2D eigenvalue weighted by Crippen LogP contribution is 2.23. The van der Waals surface area contributed by atoms with Gasteiger partial charge in [0.2, 0.25) is 0 Å². The molecule has 128 valence electrons. The van der Waals surface area contributed by atoms with Crippen LogP contribution >= 0.6 is 27.7 Å². The van der Waals surface area contributed by atoms with Crippen LogP contribution < -0.4 is 5.32 Å². The minimum Gasteiger partial charge on any atom is -0.351 e. The molecule has 1 aromatic carbocycles. The second-order valence-electron chi connectivity index (χ2n) is 4.95. The van der Waals surface area contributed by atoms with Crippen molar-refractivity contribution >= 4 is 33.6 Å². The van der Waals surface area contributed by atoms with Gasteiger partial charge in [0.05, 0.1) is 11.4 Å². The van der Waals surface area contributed by atoms with Gasteiger partial charge < -0.3 is 5.32 Å². The van der Waals surface area contributed by atoms with Crippen LogP contribution in [0.4, 0.5) is 0 Å². The van der Waals surface area contributed by atoms with Crippen molar-refractivity contribution < 1.29 is 4.79 Å². The molecule has 3 rings (SSSR count). The Morgan fingerprint density at radius 2 is 1.96 bits per heavy atom. The van der Waals surface area contributed by atoms with E-state index in [1.807, 2.05) is 31.2 Å². The lowest BCUT2D eigenvalue weighted by molar-refractivity contribution is 0.0950. The first-order chi connectivity index (χ1) is 12.2. The zero-order chi connectivity index (χ0) is 17.6. The summed E-state index contributed by atoms with van der Waals surface area (Å²) in [7, 11) is 0. The van der Waals surface area contributed by atoms with Crippen molar-refractivity contribution in [2.75, 3.05) is 6.54 Å². The maximum Gasteiger partial charge on any atom is 0.273 e. The second kappa shape index (κ2) is 8.21. The summed E-state index contributed by atoms with van der Waals surface area (Å²) >= 11 is 4.84. The van der Waals surface area contributed by atoms with Gasteiger partial charge in [-0.25, -0.2) is 14.6 Å². The van der Waals surface area contributed by atoms with Crippen molar-refractivity contribution in [3.05, 3.63) is 58.6 Å². The van der Waals surface area contributed by atoms with E-state index >= 15 is 0 Å². The topological polar surface area (TPSA) is 85.6 Å². The molecule has 0 saturated carbocycles. The Morgan fingerprint density at radius 3 is 2.64 bits per heavy atom. The molecule has 0 aliphatic rings. The molecule has 1 N–H and O–H groups in total. The van der Waals surface area contributed by atoms with Crippen LogP contribution in [0.1, 0.15) is 23.1 Å². The molecule has 0 unspecified atom stereocenters. The van der Waals surface area contributed by atoms with E-state index < -0.39 is 0 Å². The number of thioether (sulfide) groups is 1. The lowest BCUT2D eigenvalue weighted by Crippen LogP contribution is -2.24. The predicted octanol–water partition coefficient (Wildman–Crippen LogP) is 2.86. The molecule has 2 aromatic heterocycles. The molecule has 25 heavy (non-hydrogen) atoms. The first kappa shape index (κ1) is 17.6. The SMILES string of the molecule is CCNC(=O)c1nnn(-c2ccc(Br)cc2)c1CSc1ncccn1. The fourth-order valence-corrected chi connectivity index (χ4v) is 3.19. The highest BCUT2D eigenvalue weighted by Gasteiger charge is 2.20. The van der Waals surface area contributed by atoms with E-state index in [4.69, 9.17) is 0 Å². The van der Waals surface area contributed by atoms with E-state index in [2.05, 4.69) is 41.5 Å². The number of benzene rings is 1. The summed E-state index contributed by atoms with van der Waals surface area (Å²) in [6.45, 7) is 2.39. The summed E-state index contributed by atoms with van der Waals surface area (Å²) in [6, 6.07) is 9.42. The molecule has 3 aromatic rings. The van der Waals surface area contributed by atoms with E-state index in [9.17, 15) is 4.79 Å². The molecular weight excluding hydrogens is 404 g/mol. The van der Waals surface area contributed by atoms with Gasteiger partial charge >= 0.3 is 0 Å². The number of aromatic nitrogens is 5. The highest BCUT2D eigenvalue weighted by molar-refractivity contribution is 9.10. The number of nitrogens with one attached hydrogen (secondary N) is 1. The van der Waals surface area contributed by atoms with E-state index in [-0.39, 0.29) is 5.91 Å². The summed E-state index contributed by atoms with van der Waals surface area (Å²) < 4.78 is 2.64. The van der Waals surface area contributed by atoms with E-state index in [0.29, 0.717) is 28.8 Å². The van der Waals surface area contributed by atoms with Crippen molar-refractivity contribution in [2.45, 2.75) is 17.8 Å². The van der Waals surface area contributed by atoms with Crippen LogP contribution in [0, 0.1) is 0 Å². The van der Waals surface area contributed by atoms with Gasteiger partial charge in [-0.1, -0.05) is 32.9 Å². The maximum atomic E-state index is 12.3. The number of hydrogen-bond donors (Lipinski definition) is 1. The van der Waals surface area contributed by atoms with Crippen LogP contribution in [-0.4, -0.2) is 37.4 Å². The largest absolute Gasteiger partial charge is 0.351 e. The molecule has 0 atom stereocenters. The van der Waals surface area contributed by atoms with Crippen molar-refractivity contribution in [3.8, 4) is 5.69 Å². The van der Waals surface area contributed by atoms with E-state index in [1.165, 1.54) is 11.8 Å². The molecule has 0 aliphatic carbocycles. The molecule has 0 aliphatic heterocycles. The summed E-state index contributed by atoms with van der Waals surface area (Å²) in [5.74, 6) is 0.231. The molecule has 2 heterocycles. The Hall–Kier alpha value is -2.26. The standard InChI is InChI=1S/C16H15BrN6OS/c1-2-18-15(24)14-13(10-25-16-19-8-3-9-20-16)23(22-21-14)12-6-4-11(17)5-7-12/h3-9H,2,10H2,1H3,(H,18,24). The molecule has 1 amide bonds. The molecule has 0 saturated heterocycles. The Bertz CT molecular complexity index is 853. The van der Waals surface area contributed by atoms with Crippen molar-refractivity contribution in [2.24, 2.45) is 0 Å². The van der Waals surface area contributed by atoms with Gasteiger partial charge in [0.15, 0.2) is 10.9 Å². The molecule has 0 fully saturated rings. The number of nitrogens with zero attached hydrogens (tertiary/aromatic N) is 5. The van der Waals surface area contributed by atoms with E-state index in [0.717, 1.165) is 10.2 Å². The molecule has 9 heteroatoms. The lowest BCUT2D eigenvalue weighted by atomic mass is 10.3. The summed E-state index contributed by atoms with van der Waals surface area (Å²) in [5.41, 5.74) is 1.84. The lowest BCUT2D eigenvalue weighted by Gasteiger charge is -2.08. The smallest absolute Gasteiger partial charge is 0.273 e. The van der Waals surface area contributed by atoms with Gasteiger partial charge in [-0.05, 0) is 37.3 Å². The second-order valence-corrected chi connectivity index (χ2v) is 6.81. The first-order valence-corrected chi connectivity index (χ1v) is 9.35. The number of amides is 1. The third kappa shape index (κ3) is 4.23. The van der Waals surface area contributed by atoms with Gasteiger partial charge in [-0.3, -0.25) is 4.79 Å². The average Bonchev–Trinajstić information content (AvgIpc) is 3.06. The fraction of sp³-hybridized carbons (Fsp3) is 0.188. The number of halogens is 1. The molecule has 7 nitrogen and oxygen atoms in total. The average molecular weight is 419 g/mol. The highest BCUT2D eigenvalue weighted by atomic mass is 79.9. The van der Waals surface area contributed by atoms with Gasteiger partial charge in [0.25, 0.3) is 5.91 Å². The number of carbonyl (C=O) groups is 1. The molecule has 0 radical (unpaired) electrons. The summed E-state index contributed by atoms with van der Waals surface area (Å²) in [4.78, 5) is 20.7. The third-order valence-electron chi connectivity index (χ3n) is 3.27. The number of carbonyl (C=O) groups excluding carboxylic acids is 1. The third-order valence-corrected chi connectivity index (χ3v) is 4.68. The van der Waals surface area contributed by atoms with Crippen LogP contribution in [0.2, 0.25) is 0 Å². The monoisotopic (exact) mass is 418 g/mol. The maximum absolute atomic E-state index is 12.3. The Morgan fingerprint density at radius 1 is 1.24 bits per heavy atom. The minimum atomic E-state index is -0.240. The number of rotatable bonds is 6. The predicted molar refractivity (Wildman–Crippen MR) is 98.7 cm³/mol. The van der Waals surface area contributed by atoms with Crippen molar-refractivity contribution in [1.82, 2.24) is 30.3 Å². The molecule has 0 bridgehead atoms. The fourth-order valence-electron chi connectivity index (χ4n) is 2.13. The first-order valence-electron chi connectivity index (χ1n) is 7.57. The zero-order valence-electron chi connectivity index (χ0n) is 13.4. The molecular formula is C16H15BrN6OS. The van der Waals surface area contributed by atoms with Crippen molar-refractivity contribution in [1.29, 1.82) is 0 Å². The van der Waals surface area contributed by atoms with Crippen LogP contribution in [0.5, 0.6) is 0 Å². The molecule has 0 spiro atoms. The minimum absolute atomic E-state index is 0.240. The summed E-state index contributed by atoms with van der Waals surface area (Å²) in [5, 5.41) is 11.7. The summed E-state index contributed by atoms with van der Waals surface area (Å²) in [6.07, 6.45) is 3.37. The Kier molecular flexibility index (Phi) is 5.77. The van der Waals surface area contributed by atoms with Crippen LogP contribution in [0.15, 0.2) is 52.4 Å².